The number of nitrogens with zero attached hydrogens (tertiary/aromatic N) is 2. The Morgan fingerprint density at radius 3 is 2.59 bits per heavy atom. The molecule has 2 aromatic carbocycles. The first-order valence-corrected chi connectivity index (χ1v) is 12.4. The van der Waals surface area contributed by atoms with Crippen molar-refractivity contribution in [2.75, 3.05) is 44.7 Å². The molecule has 0 spiro atoms. The van der Waals surface area contributed by atoms with Crippen molar-refractivity contribution in [2.24, 2.45) is 0 Å². The number of ether oxygens (including phenoxy) is 1. The summed E-state index contributed by atoms with van der Waals surface area (Å²) in [5, 5.41) is 5.05. The molecule has 2 N–H and O–H groups in total. The molecule has 0 unspecified atom stereocenters. The molecule has 7 heteroatoms. The van der Waals surface area contributed by atoms with Crippen LogP contribution in [0.15, 0.2) is 47.3 Å². The van der Waals surface area contributed by atoms with Crippen molar-refractivity contribution < 1.29 is 4.74 Å². The number of nitrogens with one attached hydrogen (secondary N) is 2. The van der Waals surface area contributed by atoms with Gasteiger partial charge >= 0.3 is 0 Å². The van der Waals surface area contributed by atoms with Crippen molar-refractivity contribution in [1.29, 1.82) is 0 Å². The lowest BCUT2D eigenvalue weighted by atomic mass is 10.1. The molecule has 180 valence electrons. The highest BCUT2D eigenvalue weighted by atomic mass is 32.1. The summed E-state index contributed by atoms with van der Waals surface area (Å²) in [6.07, 6.45) is 1.00. The molecule has 6 nitrogen and oxygen atoms in total. The second-order valence-corrected chi connectivity index (χ2v) is 9.41. The predicted octanol–water partition coefficient (Wildman–Crippen LogP) is 4.24. The lowest BCUT2D eigenvalue weighted by Crippen LogP contribution is -2.44. The maximum atomic E-state index is 13.0. The summed E-state index contributed by atoms with van der Waals surface area (Å²) < 4.78 is 5.48. The number of aryl methyl sites for hydroxylation is 3. The second-order valence-electron chi connectivity index (χ2n) is 9.03. The molecule has 3 aromatic rings. The number of benzene rings is 2. The molecular formula is C27H34N4O2S. The monoisotopic (exact) mass is 478 g/mol. The molecule has 1 aliphatic heterocycles. The lowest BCUT2D eigenvalue weighted by molar-refractivity contribution is 0.0358. The summed E-state index contributed by atoms with van der Waals surface area (Å²) in [7, 11) is 0. The molecule has 0 amide bonds. The van der Waals surface area contributed by atoms with Crippen LogP contribution in [0.2, 0.25) is 0 Å². The number of fused-ring (bicyclic) bond motifs is 1. The van der Waals surface area contributed by atoms with Crippen LogP contribution in [-0.2, 0) is 17.7 Å². The first-order chi connectivity index (χ1) is 16.4. The summed E-state index contributed by atoms with van der Waals surface area (Å²) in [4.78, 5) is 20.6. The number of rotatable bonds is 7. The molecule has 34 heavy (non-hydrogen) atoms. The normalized spacial score (nSPS) is 14.3. The number of hydrogen-bond donors (Lipinski definition) is 2. The van der Waals surface area contributed by atoms with Crippen molar-refractivity contribution in [2.45, 2.75) is 33.7 Å². The molecule has 1 aliphatic rings. The van der Waals surface area contributed by atoms with Crippen molar-refractivity contribution in [1.82, 2.24) is 14.8 Å². The fraction of sp³-hybridized carbons (Fsp3) is 0.407. The molecule has 1 saturated heterocycles. The van der Waals surface area contributed by atoms with E-state index in [0.717, 1.165) is 68.0 Å². The molecule has 0 radical (unpaired) electrons. The van der Waals surface area contributed by atoms with Crippen LogP contribution in [-0.4, -0.2) is 59.3 Å². The van der Waals surface area contributed by atoms with E-state index in [1.165, 1.54) is 11.1 Å². The van der Waals surface area contributed by atoms with Gasteiger partial charge in [-0.2, -0.15) is 0 Å². The van der Waals surface area contributed by atoms with Crippen LogP contribution in [0, 0.1) is 13.8 Å². The van der Waals surface area contributed by atoms with Crippen molar-refractivity contribution in [3.05, 3.63) is 75.1 Å². The summed E-state index contributed by atoms with van der Waals surface area (Å²) in [5.41, 5.74) is 6.05. The number of morpholine rings is 1. The highest BCUT2D eigenvalue weighted by molar-refractivity contribution is 7.80. The van der Waals surface area contributed by atoms with Gasteiger partial charge in [0, 0.05) is 37.4 Å². The number of H-pyrrole nitrogens is 1. The number of pyridine rings is 1. The Bertz CT molecular complexity index is 1200. The average molecular weight is 479 g/mol. The molecule has 0 saturated carbocycles. The predicted molar refractivity (Wildman–Crippen MR) is 144 cm³/mol. The lowest BCUT2D eigenvalue weighted by Gasteiger charge is -2.31. The van der Waals surface area contributed by atoms with E-state index in [1.807, 2.05) is 13.0 Å². The van der Waals surface area contributed by atoms with Gasteiger partial charge in [0.15, 0.2) is 5.11 Å². The highest BCUT2D eigenvalue weighted by Crippen LogP contribution is 2.19. The minimum atomic E-state index is -0.0640. The first kappa shape index (κ1) is 24.4. The SMILES string of the molecule is CCc1ccc(NC(=S)N(CCN2CCOCC2)Cc2cc3cc(C)cc(C)c3[nH]c2=O)cc1. The maximum absolute atomic E-state index is 13.0. The Balaban J connectivity index is 1.56. The number of aromatic amines is 1. The molecule has 0 bridgehead atoms. The van der Waals surface area contributed by atoms with E-state index in [2.05, 4.69) is 70.3 Å². The summed E-state index contributed by atoms with van der Waals surface area (Å²) in [6.45, 7) is 11.6. The van der Waals surface area contributed by atoms with Crippen LogP contribution in [0.25, 0.3) is 10.9 Å². The van der Waals surface area contributed by atoms with Gasteiger partial charge in [-0.05, 0) is 73.3 Å². The van der Waals surface area contributed by atoms with E-state index in [-0.39, 0.29) is 5.56 Å². The van der Waals surface area contributed by atoms with Crippen LogP contribution in [0.3, 0.4) is 0 Å². The third-order valence-corrected chi connectivity index (χ3v) is 6.78. The van der Waals surface area contributed by atoms with Crippen LogP contribution in [0.5, 0.6) is 0 Å². The van der Waals surface area contributed by atoms with Crippen molar-refractivity contribution in [3.8, 4) is 0 Å². The van der Waals surface area contributed by atoms with Gasteiger partial charge in [-0.1, -0.05) is 30.7 Å². The van der Waals surface area contributed by atoms with Crippen LogP contribution in [0.4, 0.5) is 5.69 Å². The Hall–Kier alpha value is -2.74. The molecule has 1 aromatic heterocycles. The van der Waals surface area contributed by atoms with Crippen LogP contribution >= 0.6 is 12.2 Å². The number of aromatic nitrogens is 1. The van der Waals surface area contributed by atoms with Gasteiger partial charge in [-0.3, -0.25) is 9.69 Å². The smallest absolute Gasteiger partial charge is 0.253 e. The highest BCUT2D eigenvalue weighted by Gasteiger charge is 2.17. The maximum Gasteiger partial charge on any atom is 0.253 e. The van der Waals surface area contributed by atoms with E-state index in [9.17, 15) is 4.79 Å². The molecular weight excluding hydrogens is 444 g/mol. The summed E-state index contributed by atoms with van der Waals surface area (Å²) in [5.74, 6) is 0. The fourth-order valence-corrected chi connectivity index (χ4v) is 4.69. The Morgan fingerprint density at radius 2 is 1.88 bits per heavy atom. The number of hydrogen-bond acceptors (Lipinski definition) is 4. The minimum absolute atomic E-state index is 0.0640. The standard InChI is InChI=1S/C27H34N4O2S/c1-4-21-5-7-24(8-6-21)28-27(34)31(10-9-30-11-13-33-14-12-30)18-23-17-22-16-19(2)15-20(3)25(22)29-26(23)32/h5-8,15-17H,4,9-14,18H2,1-3H3,(H,28,34)(H,29,32). The first-order valence-electron chi connectivity index (χ1n) is 12.0. The third-order valence-electron chi connectivity index (χ3n) is 6.42. The van der Waals surface area contributed by atoms with Gasteiger partial charge < -0.3 is 19.9 Å². The van der Waals surface area contributed by atoms with E-state index in [1.54, 1.807) is 0 Å². The van der Waals surface area contributed by atoms with Crippen molar-refractivity contribution in [3.63, 3.8) is 0 Å². The van der Waals surface area contributed by atoms with Gasteiger partial charge in [0.25, 0.3) is 5.56 Å². The number of thiocarbonyl (C=S) groups is 1. The molecule has 4 rings (SSSR count). The molecule has 1 fully saturated rings. The van der Waals surface area contributed by atoms with E-state index >= 15 is 0 Å². The van der Waals surface area contributed by atoms with Gasteiger partial charge in [0.05, 0.1) is 25.3 Å². The zero-order valence-corrected chi connectivity index (χ0v) is 21.1. The zero-order valence-electron chi connectivity index (χ0n) is 20.3. The Kier molecular flexibility index (Phi) is 7.98. The molecule has 0 aliphatic carbocycles. The van der Waals surface area contributed by atoms with Gasteiger partial charge in [-0.15, -0.1) is 0 Å². The topological polar surface area (TPSA) is 60.6 Å². The molecule has 0 atom stereocenters. The van der Waals surface area contributed by atoms with Crippen LogP contribution in [0.1, 0.15) is 29.2 Å². The van der Waals surface area contributed by atoms with Gasteiger partial charge in [-0.25, -0.2) is 0 Å². The van der Waals surface area contributed by atoms with Gasteiger partial charge in [0.2, 0.25) is 0 Å². The van der Waals surface area contributed by atoms with Crippen LogP contribution < -0.4 is 10.9 Å². The largest absolute Gasteiger partial charge is 0.379 e. The fourth-order valence-electron chi connectivity index (χ4n) is 4.42. The summed E-state index contributed by atoms with van der Waals surface area (Å²) in [6, 6.07) is 14.6. The minimum Gasteiger partial charge on any atom is -0.379 e. The van der Waals surface area contributed by atoms with Gasteiger partial charge in [0.1, 0.15) is 0 Å². The summed E-state index contributed by atoms with van der Waals surface area (Å²) >= 11 is 5.82. The quantitative estimate of drug-likeness (QED) is 0.496. The Labute approximate surface area is 206 Å². The van der Waals surface area contributed by atoms with E-state index < -0.39 is 0 Å². The third kappa shape index (κ3) is 6.03. The average Bonchev–Trinajstić information content (AvgIpc) is 2.83. The zero-order chi connectivity index (χ0) is 24.1. The van der Waals surface area contributed by atoms with Crippen molar-refractivity contribution >= 4 is 33.9 Å². The Morgan fingerprint density at radius 1 is 1.15 bits per heavy atom. The second kappa shape index (κ2) is 11.1. The van der Waals surface area contributed by atoms with E-state index in [4.69, 9.17) is 17.0 Å². The van der Waals surface area contributed by atoms with E-state index in [0.29, 0.717) is 17.2 Å². The molecule has 2 heterocycles. The number of anilines is 1.